The highest BCUT2D eigenvalue weighted by molar-refractivity contribution is 6.04. The van der Waals surface area contributed by atoms with E-state index in [0.717, 1.165) is 5.69 Å². The molecular weight excluding hydrogens is 336 g/mol. The fourth-order valence-corrected chi connectivity index (χ4v) is 2.69. The Morgan fingerprint density at radius 3 is 2.38 bits per heavy atom. The van der Waals surface area contributed by atoms with Gasteiger partial charge in [-0.1, -0.05) is 6.07 Å². The Bertz CT molecular complexity index is 640. The first-order chi connectivity index (χ1) is 12.4. The van der Waals surface area contributed by atoms with Gasteiger partial charge in [0.25, 0.3) is 0 Å². The summed E-state index contributed by atoms with van der Waals surface area (Å²) in [4.78, 5) is 44.4. The summed E-state index contributed by atoms with van der Waals surface area (Å²) in [5.41, 5.74) is -0.465. The molecule has 0 saturated carbocycles. The molecule has 1 saturated heterocycles. The normalized spacial score (nSPS) is 14.7. The Kier molecular flexibility index (Phi) is 6.54. The minimum atomic E-state index is -1.19. The quantitative estimate of drug-likeness (QED) is 0.790. The first kappa shape index (κ1) is 19.7. The maximum atomic E-state index is 12.8. The third-order valence-corrected chi connectivity index (χ3v) is 4.35. The zero-order chi connectivity index (χ0) is 19.2. The van der Waals surface area contributed by atoms with E-state index < -0.39 is 5.41 Å². The average Bonchev–Trinajstić information content (AvgIpc) is 2.66. The van der Waals surface area contributed by atoms with E-state index in [1.807, 2.05) is 12.1 Å². The van der Waals surface area contributed by atoms with Crippen LogP contribution in [0.2, 0.25) is 0 Å². The maximum absolute atomic E-state index is 12.8. The van der Waals surface area contributed by atoms with Gasteiger partial charge in [0.05, 0.1) is 18.8 Å². The second kappa shape index (κ2) is 8.64. The molecule has 0 spiro atoms. The van der Waals surface area contributed by atoms with Crippen molar-refractivity contribution in [2.45, 2.75) is 27.3 Å². The lowest BCUT2D eigenvalue weighted by molar-refractivity contribution is -0.149. The van der Waals surface area contributed by atoms with Crippen LogP contribution >= 0.6 is 0 Å². The second-order valence-corrected chi connectivity index (χ2v) is 6.61. The van der Waals surface area contributed by atoms with Crippen molar-refractivity contribution in [1.82, 2.24) is 20.1 Å². The van der Waals surface area contributed by atoms with E-state index in [1.54, 1.807) is 42.8 Å². The molecule has 0 atom stereocenters. The molecule has 8 heteroatoms. The number of carbonyl (C=O) groups excluding carboxylic acids is 3. The van der Waals surface area contributed by atoms with E-state index in [9.17, 15) is 14.4 Å². The van der Waals surface area contributed by atoms with E-state index in [2.05, 4.69) is 10.3 Å². The number of amides is 3. The molecule has 1 aromatic heterocycles. The van der Waals surface area contributed by atoms with Gasteiger partial charge in [-0.3, -0.25) is 14.6 Å². The van der Waals surface area contributed by atoms with Crippen LogP contribution in [0.5, 0.6) is 0 Å². The maximum Gasteiger partial charge on any atom is 0.409 e. The Hall–Kier alpha value is -2.64. The van der Waals surface area contributed by atoms with E-state index >= 15 is 0 Å². The largest absolute Gasteiger partial charge is 0.450 e. The van der Waals surface area contributed by atoms with Gasteiger partial charge in [0, 0.05) is 32.4 Å². The van der Waals surface area contributed by atoms with Crippen LogP contribution in [0.3, 0.4) is 0 Å². The van der Waals surface area contributed by atoms with Gasteiger partial charge in [-0.25, -0.2) is 4.79 Å². The monoisotopic (exact) mass is 362 g/mol. The first-order valence-corrected chi connectivity index (χ1v) is 8.75. The molecular formula is C18H26N4O4. The van der Waals surface area contributed by atoms with Crippen LogP contribution in [-0.2, 0) is 20.9 Å². The molecule has 1 fully saturated rings. The first-order valence-electron chi connectivity index (χ1n) is 8.75. The predicted molar refractivity (Wildman–Crippen MR) is 95.0 cm³/mol. The van der Waals surface area contributed by atoms with Gasteiger partial charge >= 0.3 is 6.09 Å². The van der Waals surface area contributed by atoms with Crippen LogP contribution in [0.15, 0.2) is 24.4 Å². The van der Waals surface area contributed by atoms with E-state index in [1.165, 1.54) is 0 Å². The number of aromatic nitrogens is 1. The molecule has 0 aliphatic carbocycles. The molecule has 0 unspecified atom stereocenters. The molecule has 8 nitrogen and oxygen atoms in total. The molecule has 2 heterocycles. The number of hydrogen-bond donors (Lipinski definition) is 1. The molecule has 0 bridgehead atoms. The number of nitrogens with one attached hydrogen (secondary N) is 1. The lowest BCUT2D eigenvalue weighted by Gasteiger charge is -2.37. The third kappa shape index (κ3) is 4.71. The number of rotatable bonds is 5. The molecule has 1 aliphatic rings. The van der Waals surface area contributed by atoms with Crippen molar-refractivity contribution in [2.24, 2.45) is 5.41 Å². The minimum absolute atomic E-state index is 0.250. The Balaban J connectivity index is 1.89. The number of ether oxygens (including phenoxy) is 1. The molecule has 1 aromatic rings. The fourth-order valence-electron chi connectivity index (χ4n) is 2.69. The predicted octanol–water partition coefficient (Wildman–Crippen LogP) is 1.02. The number of hydrogen-bond acceptors (Lipinski definition) is 5. The lowest BCUT2D eigenvalue weighted by atomic mass is 9.90. The van der Waals surface area contributed by atoms with E-state index in [0.29, 0.717) is 32.8 Å². The zero-order valence-corrected chi connectivity index (χ0v) is 15.5. The number of piperazine rings is 1. The summed E-state index contributed by atoms with van der Waals surface area (Å²) in [5, 5.41) is 2.77. The van der Waals surface area contributed by atoms with Gasteiger partial charge in [-0.05, 0) is 32.9 Å². The highest BCUT2D eigenvalue weighted by atomic mass is 16.6. The average molecular weight is 362 g/mol. The van der Waals surface area contributed by atoms with Gasteiger partial charge in [-0.15, -0.1) is 0 Å². The summed E-state index contributed by atoms with van der Waals surface area (Å²) >= 11 is 0. The second-order valence-electron chi connectivity index (χ2n) is 6.61. The fraction of sp³-hybridized carbons (Fsp3) is 0.556. The van der Waals surface area contributed by atoms with Crippen molar-refractivity contribution in [3.05, 3.63) is 30.1 Å². The van der Waals surface area contributed by atoms with Crippen molar-refractivity contribution in [3.8, 4) is 0 Å². The van der Waals surface area contributed by atoms with Crippen molar-refractivity contribution in [3.63, 3.8) is 0 Å². The smallest absolute Gasteiger partial charge is 0.409 e. The summed E-state index contributed by atoms with van der Waals surface area (Å²) < 4.78 is 4.97. The highest BCUT2D eigenvalue weighted by Crippen LogP contribution is 2.21. The highest BCUT2D eigenvalue weighted by Gasteiger charge is 2.40. The molecule has 26 heavy (non-hydrogen) atoms. The molecule has 3 amide bonds. The van der Waals surface area contributed by atoms with Gasteiger partial charge in [-0.2, -0.15) is 0 Å². The van der Waals surface area contributed by atoms with Crippen LogP contribution in [-0.4, -0.2) is 65.5 Å². The number of nitrogens with zero attached hydrogens (tertiary/aromatic N) is 3. The standard InChI is InChI=1S/C18H26N4O4/c1-4-26-17(25)22-11-9-21(10-12-22)16(24)18(2,3)15(23)20-13-14-7-5-6-8-19-14/h5-8H,4,9-13H2,1-3H3,(H,20,23). The topological polar surface area (TPSA) is 91.8 Å². The third-order valence-electron chi connectivity index (χ3n) is 4.35. The number of carbonyl (C=O) groups is 3. The molecule has 1 N–H and O–H groups in total. The number of pyridine rings is 1. The molecule has 0 radical (unpaired) electrons. The van der Waals surface area contributed by atoms with Crippen molar-refractivity contribution in [1.29, 1.82) is 0 Å². The van der Waals surface area contributed by atoms with Gasteiger partial charge in [0.15, 0.2) is 0 Å². The van der Waals surface area contributed by atoms with Gasteiger partial charge in [0.2, 0.25) is 11.8 Å². The van der Waals surface area contributed by atoms with Crippen LogP contribution in [0.1, 0.15) is 26.5 Å². The minimum Gasteiger partial charge on any atom is -0.450 e. The van der Waals surface area contributed by atoms with E-state index in [-0.39, 0.29) is 24.5 Å². The van der Waals surface area contributed by atoms with Crippen LogP contribution in [0.25, 0.3) is 0 Å². The van der Waals surface area contributed by atoms with Crippen molar-refractivity contribution < 1.29 is 19.1 Å². The summed E-state index contributed by atoms with van der Waals surface area (Å²) in [6.07, 6.45) is 1.29. The van der Waals surface area contributed by atoms with Crippen LogP contribution in [0, 0.1) is 5.41 Å². The molecule has 0 aromatic carbocycles. The summed E-state index contributed by atoms with van der Waals surface area (Å²) in [7, 11) is 0. The zero-order valence-electron chi connectivity index (χ0n) is 15.5. The van der Waals surface area contributed by atoms with Crippen LogP contribution < -0.4 is 5.32 Å². The van der Waals surface area contributed by atoms with Gasteiger partial charge < -0.3 is 19.9 Å². The molecule has 1 aliphatic heterocycles. The Morgan fingerprint density at radius 1 is 1.15 bits per heavy atom. The van der Waals surface area contributed by atoms with Crippen molar-refractivity contribution >= 4 is 17.9 Å². The Labute approximate surface area is 153 Å². The van der Waals surface area contributed by atoms with Crippen molar-refractivity contribution in [2.75, 3.05) is 32.8 Å². The molecule has 142 valence electrons. The SMILES string of the molecule is CCOC(=O)N1CCN(C(=O)C(C)(C)C(=O)NCc2ccccn2)CC1. The Morgan fingerprint density at radius 2 is 1.81 bits per heavy atom. The van der Waals surface area contributed by atoms with E-state index in [4.69, 9.17) is 4.74 Å². The molecule has 2 rings (SSSR count). The summed E-state index contributed by atoms with van der Waals surface area (Å²) in [5.74, 6) is -0.597. The van der Waals surface area contributed by atoms with Gasteiger partial charge in [0.1, 0.15) is 5.41 Å². The summed E-state index contributed by atoms with van der Waals surface area (Å²) in [6.45, 7) is 7.13. The summed E-state index contributed by atoms with van der Waals surface area (Å²) in [6, 6.07) is 5.45. The lowest BCUT2D eigenvalue weighted by Crippen LogP contribution is -2.56. The van der Waals surface area contributed by atoms with Crippen LogP contribution in [0.4, 0.5) is 4.79 Å².